The van der Waals surface area contributed by atoms with Crippen LogP contribution in [0.15, 0.2) is 4.76 Å². The largest absolute Gasteiger partial charge is 0.393 e. The van der Waals surface area contributed by atoms with E-state index in [0.717, 1.165) is 38.4 Å². The fourth-order valence-electron chi connectivity index (χ4n) is 5.13. The normalized spacial score (nSPS) is 22.7. The third kappa shape index (κ3) is 11.4. The van der Waals surface area contributed by atoms with E-state index in [1.165, 1.54) is 57.8 Å². The number of unbranched alkanes of at least 4 members (excludes halogenated alkanes) is 9. The summed E-state index contributed by atoms with van der Waals surface area (Å²) in [6.45, 7) is 17.4. The van der Waals surface area contributed by atoms with Gasteiger partial charge in [0.25, 0.3) is 0 Å². The number of ether oxygens (including phenoxy) is 1. The van der Waals surface area contributed by atoms with Gasteiger partial charge < -0.3 is 14.5 Å². The van der Waals surface area contributed by atoms with Gasteiger partial charge in [-0.3, -0.25) is 4.52 Å². The minimum absolute atomic E-state index is 0.0482. The van der Waals surface area contributed by atoms with Gasteiger partial charge in [-0.15, -0.1) is 0 Å². The highest BCUT2D eigenvalue weighted by molar-refractivity contribution is 7.55. The summed E-state index contributed by atoms with van der Waals surface area (Å²) < 4.78 is 33.3. The molecule has 36 heavy (non-hydrogen) atoms. The van der Waals surface area contributed by atoms with Crippen molar-refractivity contribution in [2.75, 3.05) is 46.4 Å². The first-order valence-corrected chi connectivity index (χ1v) is 16.3. The molecule has 0 bridgehead atoms. The van der Waals surface area contributed by atoms with E-state index in [9.17, 15) is 4.57 Å². The predicted molar refractivity (Wildman–Crippen MR) is 153 cm³/mol. The van der Waals surface area contributed by atoms with Gasteiger partial charge in [0.05, 0.1) is 18.8 Å². The molecule has 0 aromatic rings. The van der Waals surface area contributed by atoms with E-state index in [0.29, 0.717) is 19.7 Å². The van der Waals surface area contributed by atoms with Crippen molar-refractivity contribution in [2.24, 2.45) is 10.2 Å². The van der Waals surface area contributed by atoms with E-state index in [-0.39, 0.29) is 17.6 Å². The van der Waals surface area contributed by atoms with Gasteiger partial charge in [-0.05, 0) is 32.1 Å². The zero-order valence-corrected chi connectivity index (χ0v) is 25.5. The van der Waals surface area contributed by atoms with E-state index in [4.69, 9.17) is 14.0 Å². The summed E-state index contributed by atoms with van der Waals surface area (Å²) in [7, 11) is -1.33. The Morgan fingerprint density at radius 2 is 1.61 bits per heavy atom. The number of guanidine groups is 1. The molecule has 0 spiro atoms. The Morgan fingerprint density at radius 1 is 1.00 bits per heavy atom. The molecule has 0 aliphatic carbocycles. The Hall–Kier alpha value is -0.620. The fourth-order valence-corrected chi connectivity index (χ4v) is 7.22. The summed E-state index contributed by atoms with van der Waals surface area (Å²) in [4.78, 5) is 4.45. The molecule has 2 saturated heterocycles. The molecule has 0 N–H and O–H groups in total. The van der Waals surface area contributed by atoms with Crippen LogP contribution in [0.1, 0.15) is 112 Å². The molecule has 2 atom stereocenters. The van der Waals surface area contributed by atoms with Gasteiger partial charge in [0.1, 0.15) is 0 Å². The molecule has 2 fully saturated rings. The third-order valence-electron chi connectivity index (χ3n) is 6.99. The van der Waals surface area contributed by atoms with E-state index >= 15 is 0 Å². The molecule has 0 aromatic heterocycles. The zero-order valence-electron chi connectivity index (χ0n) is 24.6. The summed E-state index contributed by atoms with van der Waals surface area (Å²) in [5, 5.41) is 0. The van der Waals surface area contributed by atoms with Crippen LogP contribution in [-0.4, -0.2) is 79.0 Å². The smallest absolute Gasteiger partial charge is 0.376 e. The lowest BCUT2D eigenvalue weighted by atomic mass is 9.89. The Morgan fingerprint density at radius 3 is 2.19 bits per heavy atom. The van der Waals surface area contributed by atoms with E-state index < -0.39 is 7.67 Å². The van der Waals surface area contributed by atoms with Crippen molar-refractivity contribution >= 4 is 13.6 Å². The van der Waals surface area contributed by atoms with Gasteiger partial charge in [-0.25, -0.2) is 9.24 Å². The van der Waals surface area contributed by atoms with Crippen LogP contribution >= 0.6 is 7.67 Å². The average molecular weight is 529 g/mol. The maximum absolute atomic E-state index is 14.3. The van der Waals surface area contributed by atoms with Gasteiger partial charge >= 0.3 is 7.67 Å². The van der Waals surface area contributed by atoms with Crippen molar-refractivity contribution in [1.29, 1.82) is 0 Å². The van der Waals surface area contributed by atoms with Gasteiger partial charge in [0.15, 0.2) is 0 Å². The van der Waals surface area contributed by atoms with Gasteiger partial charge in [-0.1, -0.05) is 85.5 Å². The predicted octanol–water partition coefficient (Wildman–Crippen LogP) is 7.18. The molecule has 2 aliphatic heterocycles. The highest BCUT2D eigenvalue weighted by atomic mass is 31.2. The van der Waals surface area contributed by atoms with Crippen molar-refractivity contribution in [3.05, 3.63) is 0 Å². The molecule has 2 heterocycles. The van der Waals surface area contributed by atoms with E-state index in [1.807, 2.05) is 18.5 Å². The molecule has 7 nitrogen and oxygen atoms in total. The molecule has 0 saturated carbocycles. The van der Waals surface area contributed by atoms with Crippen LogP contribution in [0.2, 0.25) is 0 Å². The highest BCUT2D eigenvalue weighted by Gasteiger charge is 2.40. The number of hydrogen-bond donors (Lipinski definition) is 0. The molecular weight excluding hydrogens is 471 g/mol. The van der Waals surface area contributed by atoms with E-state index in [2.05, 4.69) is 44.5 Å². The van der Waals surface area contributed by atoms with E-state index in [1.54, 1.807) is 0 Å². The first-order chi connectivity index (χ1) is 17.0. The molecule has 212 valence electrons. The number of likely N-dealkylation sites (N-methyl/N-ethyl adjacent to an activating group) is 1. The van der Waals surface area contributed by atoms with Gasteiger partial charge in [0, 0.05) is 39.8 Å². The lowest BCUT2D eigenvalue weighted by Crippen LogP contribution is -2.43. The van der Waals surface area contributed by atoms with Crippen molar-refractivity contribution in [2.45, 2.75) is 124 Å². The molecule has 2 rings (SSSR count). The summed E-state index contributed by atoms with van der Waals surface area (Å²) >= 11 is 0. The lowest BCUT2D eigenvalue weighted by molar-refractivity contribution is -0.0268. The summed E-state index contributed by atoms with van der Waals surface area (Å²) in [6.07, 6.45) is 14.1. The van der Waals surface area contributed by atoms with Crippen LogP contribution in [0.25, 0.3) is 0 Å². The van der Waals surface area contributed by atoms with Crippen LogP contribution in [0, 0.1) is 5.41 Å². The molecule has 2 aliphatic rings. The lowest BCUT2D eigenvalue weighted by Gasteiger charge is -2.38. The zero-order chi connectivity index (χ0) is 26.6. The minimum Gasteiger partial charge on any atom is -0.376 e. The average Bonchev–Trinajstić information content (AvgIpc) is 3.12. The quantitative estimate of drug-likeness (QED) is 0.156. The van der Waals surface area contributed by atoms with Crippen LogP contribution in [0.5, 0.6) is 0 Å². The first kappa shape index (κ1) is 31.6. The van der Waals surface area contributed by atoms with Crippen molar-refractivity contribution in [3.63, 3.8) is 0 Å². The summed E-state index contributed by atoms with van der Waals surface area (Å²) in [5.74, 6) is 0.828. The SMILES string of the molecule is CCCCCCCCCCCCN1CCN(C)/C1=N/P(=O)(OC(C)C)N1CCO[C@H](CC(C)(C)C)C1. The van der Waals surface area contributed by atoms with Gasteiger partial charge in [0.2, 0.25) is 5.96 Å². The number of hydrogen-bond acceptors (Lipinski definition) is 3. The Labute approximate surface area is 222 Å². The summed E-state index contributed by atoms with van der Waals surface area (Å²) in [5.41, 5.74) is 0.153. The second-order valence-corrected chi connectivity index (χ2v) is 14.3. The van der Waals surface area contributed by atoms with Crippen LogP contribution in [0.3, 0.4) is 0 Å². The monoisotopic (exact) mass is 528 g/mol. The molecule has 0 radical (unpaired) electrons. The maximum Gasteiger partial charge on any atom is 0.393 e. The van der Waals surface area contributed by atoms with Crippen LogP contribution in [0.4, 0.5) is 0 Å². The summed E-state index contributed by atoms with van der Waals surface area (Å²) in [6, 6.07) is 0. The topological polar surface area (TPSA) is 57.6 Å². The second kappa shape index (κ2) is 15.7. The molecule has 8 heteroatoms. The van der Waals surface area contributed by atoms with Crippen molar-refractivity contribution in [1.82, 2.24) is 14.5 Å². The molecular formula is C28H57N4O3P. The number of rotatable bonds is 16. The van der Waals surface area contributed by atoms with Crippen LogP contribution < -0.4 is 0 Å². The Kier molecular flexibility index (Phi) is 13.8. The number of morpholine rings is 1. The Bertz CT molecular complexity index is 695. The Balaban J connectivity index is 1.94. The minimum atomic E-state index is -3.39. The van der Waals surface area contributed by atoms with Crippen molar-refractivity contribution < 1.29 is 13.8 Å². The maximum atomic E-state index is 14.3. The number of nitrogens with zero attached hydrogens (tertiary/aromatic N) is 4. The molecule has 0 amide bonds. The van der Waals surface area contributed by atoms with Crippen molar-refractivity contribution in [3.8, 4) is 0 Å². The third-order valence-corrected chi connectivity index (χ3v) is 9.20. The molecule has 1 unspecified atom stereocenters. The molecule has 0 aromatic carbocycles. The standard InChI is InChI=1S/C28H57N4O3P/c1-8-9-10-11-12-13-14-15-16-17-18-31-20-19-30(7)27(31)29-36(33,35-25(2)3)32-21-22-34-26(24-32)23-28(4,5)6/h25-26H,8-24H2,1-7H3/b29-27-/t26-,36?/m1/s1. The fraction of sp³-hybridized carbons (Fsp3) is 0.964. The van der Waals surface area contributed by atoms with Crippen LogP contribution in [-0.2, 0) is 13.8 Å². The first-order valence-electron chi connectivity index (χ1n) is 14.8. The highest BCUT2D eigenvalue weighted by Crippen LogP contribution is 2.55. The second-order valence-electron chi connectivity index (χ2n) is 12.3. The van der Waals surface area contributed by atoms with Gasteiger partial charge in [-0.2, -0.15) is 4.76 Å².